The smallest absolute Gasteiger partial charge is 0.136 e. The lowest BCUT2D eigenvalue weighted by molar-refractivity contribution is 0.478. The van der Waals surface area contributed by atoms with Gasteiger partial charge in [0, 0.05) is 19.5 Å². The molecule has 0 bridgehead atoms. The molecule has 0 spiro atoms. The number of hydrogen-bond acceptors (Lipinski definition) is 3. The van der Waals surface area contributed by atoms with Crippen molar-refractivity contribution in [2.45, 2.75) is 26.2 Å². The van der Waals surface area contributed by atoms with Gasteiger partial charge >= 0.3 is 0 Å². The Hall–Kier alpha value is -0.900. The average Bonchev–Trinajstić information content (AvgIpc) is 2.47. The quantitative estimate of drug-likeness (QED) is 0.752. The van der Waals surface area contributed by atoms with Crippen LogP contribution in [0.4, 0.5) is 0 Å². The molecule has 4 heteroatoms. The van der Waals surface area contributed by atoms with Crippen molar-refractivity contribution in [3.63, 3.8) is 0 Å². The van der Waals surface area contributed by atoms with Gasteiger partial charge in [-0.15, -0.1) is 10.2 Å². The minimum Gasteiger partial charge on any atom is -0.330 e. The molecule has 0 aliphatic carbocycles. The van der Waals surface area contributed by atoms with Gasteiger partial charge in [-0.1, -0.05) is 13.8 Å². The Kier molecular flexibility index (Phi) is 3.42. The highest BCUT2D eigenvalue weighted by atomic mass is 15.2. The van der Waals surface area contributed by atoms with Crippen LogP contribution in [0, 0.1) is 5.92 Å². The van der Waals surface area contributed by atoms with Crippen LogP contribution >= 0.6 is 0 Å². The van der Waals surface area contributed by atoms with E-state index in [1.807, 2.05) is 11.6 Å². The molecule has 0 saturated heterocycles. The maximum atomic E-state index is 5.70. The van der Waals surface area contributed by atoms with Crippen LogP contribution in [0.15, 0.2) is 6.33 Å². The monoisotopic (exact) mass is 182 g/mol. The predicted molar refractivity (Wildman–Crippen MR) is 52.3 cm³/mol. The summed E-state index contributed by atoms with van der Waals surface area (Å²) in [5.41, 5.74) is 5.70. The van der Waals surface area contributed by atoms with Crippen LogP contribution in [0.3, 0.4) is 0 Å². The highest BCUT2D eigenvalue weighted by molar-refractivity contribution is 4.96. The lowest BCUT2D eigenvalue weighted by Crippen LogP contribution is -2.18. The van der Waals surface area contributed by atoms with Gasteiger partial charge in [-0.2, -0.15) is 0 Å². The third-order valence-electron chi connectivity index (χ3n) is 2.15. The molecule has 0 radical (unpaired) electrons. The van der Waals surface area contributed by atoms with E-state index >= 15 is 0 Å². The number of nitrogens with two attached hydrogens (primary N) is 1. The molecular weight excluding hydrogens is 164 g/mol. The Balaban J connectivity index is 2.72. The van der Waals surface area contributed by atoms with Gasteiger partial charge in [0.2, 0.25) is 0 Å². The number of aryl methyl sites for hydroxylation is 1. The summed E-state index contributed by atoms with van der Waals surface area (Å²) in [6.07, 6.45) is 2.79. The fraction of sp³-hybridized carbons (Fsp3) is 0.778. The Morgan fingerprint density at radius 1 is 1.54 bits per heavy atom. The van der Waals surface area contributed by atoms with Crippen molar-refractivity contribution in [3.05, 3.63) is 12.2 Å². The average molecular weight is 182 g/mol. The standard InChI is InChI=1S/C9H18N4/c1-7(2)4-8(5-10)9-12-11-6-13(9)3/h6-8H,4-5,10H2,1-3H3. The molecule has 13 heavy (non-hydrogen) atoms. The van der Waals surface area contributed by atoms with Gasteiger partial charge in [0.05, 0.1) is 0 Å². The molecule has 2 N–H and O–H groups in total. The molecule has 1 aromatic rings. The first-order chi connectivity index (χ1) is 6.15. The van der Waals surface area contributed by atoms with Gasteiger partial charge in [0.15, 0.2) is 0 Å². The summed E-state index contributed by atoms with van der Waals surface area (Å²) in [4.78, 5) is 0. The van der Waals surface area contributed by atoms with E-state index in [0.29, 0.717) is 18.4 Å². The fourth-order valence-corrected chi connectivity index (χ4v) is 1.54. The van der Waals surface area contributed by atoms with Crippen molar-refractivity contribution in [3.8, 4) is 0 Å². The third kappa shape index (κ3) is 2.52. The van der Waals surface area contributed by atoms with Crippen LogP contribution in [0.1, 0.15) is 32.0 Å². The molecular formula is C9H18N4. The zero-order valence-corrected chi connectivity index (χ0v) is 8.57. The van der Waals surface area contributed by atoms with E-state index in [-0.39, 0.29) is 0 Å². The van der Waals surface area contributed by atoms with Crippen LogP contribution in [0.5, 0.6) is 0 Å². The summed E-state index contributed by atoms with van der Waals surface area (Å²) >= 11 is 0. The van der Waals surface area contributed by atoms with E-state index in [4.69, 9.17) is 5.73 Å². The van der Waals surface area contributed by atoms with Gasteiger partial charge in [0.25, 0.3) is 0 Å². The molecule has 0 amide bonds. The van der Waals surface area contributed by atoms with Gasteiger partial charge in [-0.25, -0.2) is 0 Å². The molecule has 74 valence electrons. The maximum Gasteiger partial charge on any atom is 0.136 e. The Morgan fingerprint density at radius 3 is 2.62 bits per heavy atom. The van der Waals surface area contributed by atoms with Crippen molar-refractivity contribution in [1.82, 2.24) is 14.8 Å². The zero-order chi connectivity index (χ0) is 9.84. The van der Waals surface area contributed by atoms with Crippen LogP contribution in [0.25, 0.3) is 0 Å². The molecule has 1 unspecified atom stereocenters. The molecule has 0 aliphatic heterocycles. The second-order valence-corrected chi connectivity index (χ2v) is 3.86. The van der Waals surface area contributed by atoms with Gasteiger partial charge in [0.1, 0.15) is 12.2 Å². The van der Waals surface area contributed by atoms with E-state index < -0.39 is 0 Å². The van der Waals surface area contributed by atoms with Gasteiger partial charge < -0.3 is 10.3 Å². The normalized spacial score (nSPS) is 13.6. The van der Waals surface area contributed by atoms with E-state index in [2.05, 4.69) is 24.0 Å². The second kappa shape index (κ2) is 4.37. The molecule has 1 atom stereocenters. The first-order valence-corrected chi connectivity index (χ1v) is 4.69. The Labute approximate surface area is 79.2 Å². The molecule has 0 fully saturated rings. The topological polar surface area (TPSA) is 56.7 Å². The van der Waals surface area contributed by atoms with Crippen molar-refractivity contribution in [1.29, 1.82) is 0 Å². The number of nitrogens with zero attached hydrogens (tertiary/aromatic N) is 3. The van der Waals surface area contributed by atoms with Gasteiger partial charge in [-0.3, -0.25) is 0 Å². The Bertz CT molecular complexity index is 254. The van der Waals surface area contributed by atoms with E-state index in [9.17, 15) is 0 Å². The summed E-state index contributed by atoms with van der Waals surface area (Å²) in [6.45, 7) is 5.03. The third-order valence-corrected chi connectivity index (χ3v) is 2.15. The maximum absolute atomic E-state index is 5.70. The van der Waals surface area contributed by atoms with Crippen molar-refractivity contribution in [2.75, 3.05) is 6.54 Å². The minimum absolute atomic E-state index is 0.340. The molecule has 0 saturated carbocycles. The highest BCUT2D eigenvalue weighted by Gasteiger charge is 2.16. The van der Waals surface area contributed by atoms with Gasteiger partial charge in [-0.05, 0) is 12.3 Å². The van der Waals surface area contributed by atoms with Crippen LogP contribution < -0.4 is 5.73 Å². The molecule has 0 aliphatic rings. The number of aromatic nitrogens is 3. The van der Waals surface area contributed by atoms with Crippen LogP contribution in [-0.2, 0) is 7.05 Å². The zero-order valence-electron chi connectivity index (χ0n) is 8.57. The van der Waals surface area contributed by atoms with E-state index in [1.165, 1.54) is 0 Å². The summed E-state index contributed by atoms with van der Waals surface area (Å²) in [5, 5.41) is 7.93. The summed E-state index contributed by atoms with van der Waals surface area (Å²) in [7, 11) is 1.96. The molecule has 1 heterocycles. The highest BCUT2D eigenvalue weighted by Crippen LogP contribution is 2.19. The first-order valence-electron chi connectivity index (χ1n) is 4.69. The molecule has 1 rings (SSSR count). The SMILES string of the molecule is CC(C)CC(CN)c1nncn1C. The van der Waals surface area contributed by atoms with E-state index in [0.717, 1.165) is 12.2 Å². The minimum atomic E-state index is 0.340. The molecule has 0 aromatic carbocycles. The van der Waals surface area contributed by atoms with Crippen molar-refractivity contribution < 1.29 is 0 Å². The lowest BCUT2D eigenvalue weighted by Gasteiger charge is -2.15. The predicted octanol–water partition coefficient (Wildman–Crippen LogP) is 0.903. The second-order valence-electron chi connectivity index (χ2n) is 3.86. The van der Waals surface area contributed by atoms with Crippen LogP contribution in [0.2, 0.25) is 0 Å². The molecule has 1 aromatic heterocycles. The van der Waals surface area contributed by atoms with Crippen molar-refractivity contribution in [2.24, 2.45) is 18.7 Å². The van der Waals surface area contributed by atoms with Crippen molar-refractivity contribution >= 4 is 0 Å². The summed E-state index contributed by atoms with van der Waals surface area (Å²) in [6, 6.07) is 0. The summed E-state index contributed by atoms with van der Waals surface area (Å²) < 4.78 is 1.94. The lowest BCUT2D eigenvalue weighted by atomic mass is 9.96. The largest absolute Gasteiger partial charge is 0.330 e. The fourth-order valence-electron chi connectivity index (χ4n) is 1.54. The Morgan fingerprint density at radius 2 is 2.23 bits per heavy atom. The molecule has 4 nitrogen and oxygen atoms in total. The van der Waals surface area contributed by atoms with Crippen LogP contribution in [-0.4, -0.2) is 21.3 Å². The number of rotatable bonds is 4. The van der Waals surface area contributed by atoms with E-state index in [1.54, 1.807) is 6.33 Å². The first kappa shape index (κ1) is 10.2. The number of hydrogen-bond donors (Lipinski definition) is 1. The summed E-state index contributed by atoms with van der Waals surface area (Å²) in [5.74, 6) is 1.98.